The number of rotatable bonds is 6. The third kappa shape index (κ3) is 3.98. The third-order valence-corrected chi connectivity index (χ3v) is 6.37. The Kier molecular flexibility index (Phi) is 5.23. The van der Waals surface area contributed by atoms with Gasteiger partial charge in [-0.25, -0.2) is 17.5 Å². The van der Waals surface area contributed by atoms with Crippen molar-refractivity contribution in [1.29, 1.82) is 0 Å². The predicted octanol–water partition coefficient (Wildman–Crippen LogP) is 3.68. The molecule has 1 saturated carbocycles. The van der Waals surface area contributed by atoms with Gasteiger partial charge in [0.2, 0.25) is 10.0 Å². The van der Waals surface area contributed by atoms with Crippen LogP contribution in [-0.2, 0) is 16.6 Å². The summed E-state index contributed by atoms with van der Waals surface area (Å²) in [6.07, 6.45) is 6.18. The fourth-order valence-electron chi connectivity index (χ4n) is 3.53. The van der Waals surface area contributed by atoms with Gasteiger partial charge in [-0.1, -0.05) is 18.9 Å². The minimum Gasteiger partial charge on any atom is -0.260 e. The van der Waals surface area contributed by atoms with Gasteiger partial charge in [0, 0.05) is 6.20 Å². The minimum atomic E-state index is -3.74. The fourth-order valence-corrected chi connectivity index (χ4v) is 4.53. The molecular weight excluding hydrogens is 379 g/mol. The Hall–Kier alpha value is -2.58. The van der Waals surface area contributed by atoms with Crippen LogP contribution in [0.2, 0.25) is 0 Å². The molecule has 1 aliphatic rings. The van der Waals surface area contributed by atoms with E-state index in [0.717, 1.165) is 36.4 Å². The monoisotopic (exact) mass is 400 g/mol. The van der Waals surface area contributed by atoms with Crippen molar-refractivity contribution in [3.05, 3.63) is 66.2 Å². The number of nitrogens with one attached hydrogen (secondary N) is 1. The number of sulfonamides is 1. The first kappa shape index (κ1) is 18.8. The smallest absolute Gasteiger partial charge is 0.240 e. The minimum absolute atomic E-state index is 0.0223. The van der Waals surface area contributed by atoms with E-state index in [9.17, 15) is 12.8 Å². The number of pyridine rings is 1. The molecule has 6 nitrogen and oxygen atoms in total. The number of aromatic nitrogens is 3. The zero-order valence-corrected chi connectivity index (χ0v) is 16.1. The van der Waals surface area contributed by atoms with Crippen molar-refractivity contribution in [2.75, 3.05) is 0 Å². The SMILES string of the molecule is O=S(=O)(NCc1cc(-c2ccccn2)n(C2CCCC2)n1)c1ccc(F)cc1. The van der Waals surface area contributed by atoms with Crippen LogP contribution in [0, 0.1) is 5.82 Å². The largest absolute Gasteiger partial charge is 0.260 e. The quantitative estimate of drug-likeness (QED) is 0.685. The Balaban J connectivity index is 1.59. The lowest BCUT2D eigenvalue weighted by Gasteiger charge is -2.13. The highest BCUT2D eigenvalue weighted by Crippen LogP contribution is 2.33. The molecule has 2 heterocycles. The molecule has 0 atom stereocenters. The molecule has 3 aromatic rings. The average Bonchev–Trinajstić information content (AvgIpc) is 3.37. The summed E-state index contributed by atoms with van der Waals surface area (Å²) in [5.74, 6) is -0.478. The Bertz CT molecular complexity index is 1040. The van der Waals surface area contributed by atoms with E-state index < -0.39 is 15.8 Å². The topological polar surface area (TPSA) is 76.9 Å². The molecule has 0 unspecified atom stereocenters. The summed E-state index contributed by atoms with van der Waals surface area (Å²) >= 11 is 0. The van der Waals surface area contributed by atoms with E-state index in [1.165, 1.54) is 25.0 Å². The van der Waals surface area contributed by atoms with Crippen LogP contribution in [0.3, 0.4) is 0 Å². The standard InChI is InChI=1S/C20H21FN4O2S/c21-15-8-10-18(11-9-15)28(26,27)23-14-16-13-20(19-7-3-4-12-22-19)25(24-16)17-5-1-2-6-17/h3-4,7-13,17,23H,1-2,5-6,14H2. The van der Waals surface area contributed by atoms with Crippen LogP contribution in [0.15, 0.2) is 59.6 Å². The molecule has 1 aromatic carbocycles. The average molecular weight is 400 g/mol. The highest BCUT2D eigenvalue weighted by molar-refractivity contribution is 7.89. The summed E-state index contributed by atoms with van der Waals surface area (Å²) in [7, 11) is -3.74. The molecule has 2 aromatic heterocycles. The van der Waals surface area contributed by atoms with Crippen molar-refractivity contribution in [3.63, 3.8) is 0 Å². The van der Waals surface area contributed by atoms with E-state index in [0.29, 0.717) is 11.7 Å². The van der Waals surface area contributed by atoms with E-state index in [2.05, 4.69) is 14.8 Å². The van der Waals surface area contributed by atoms with Crippen LogP contribution in [0.5, 0.6) is 0 Å². The second-order valence-corrected chi connectivity index (χ2v) is 8.66. The zero-order chi connectivity index (χ0) is 19.6. The molecule has 1 fully saturated rings. The summed E-state index contributed by atoms with van der Waals surface area (Å²) in [6, 6.07) is 12.6. The number of hydrogen-bond acceptors (Lipinski definition) is 4. The fraction of sp³-hybridized carbons (Fsp3) is 0.300. The molecule has 1 aliphatic carbocycles. The van der Waals surface area contributed by atoms with Gasteiger partial charge in [0.05, 0.1) is 34.6 Å². The molecule has 0 radical (unpaired) electrons. The first-order valence-corrected chi connectivity index (χ1v) is 10.8. The van der Waals surface area contributed by atoms with E-state index in [1.54, 1.807) is 6.20 Å². The lowest BCUT2D eigenvalue weighted by Crippen LogP contribution is -2.23. The summed E-state index contributed by atoms with van der Waals surface area (Å²) in [6.45, 7) is 0.0548. The number of halogens is 1. The van der Waals surface area contributed by atoms with Gasteiger partial charge in [-0.05, 0) is 55.3 Å². The molecule has 0 aliphatic heterocycles. The molecule has 4 rings (SSSR count). The first-order chi connectivity index (χ1) is 13.5. The second-order valence-electron chi connectivity index (χ2n) is 6.90. The first-order valence-electron chi connectivity index (χ1n) is 9.28. The number of benzene rings is 1. The molecule has 0 bridgehead atoms. The van der Waals surface area contributed by atoms with Crippen molar-refractivity contribution in [1.82, 2.24) is 19.5 Å². The van der Waals surface area contributed by atoms with Crippen LogP contribution in [-0.4, -0.2) is 23.2 Å². The van der Waals surface area contributed by atoms with Crippen molar-refractivity contribution in [2.45, 2.75) is 43.2 Å². The second kappa shape index (κ2) is 7.81. The summed E-state index contributed by atoms with van der Waals surface area (Å²) in [4.78, 5) is 4.45. The van der Waals surface area contributed by atoms with E-state index >= 15 is 0 Å². The Morgan fingerprint density at radius 1 is 1.11 bits per heavy atom. The lowest BCUT2D eigenvalue weighted by atomic mass is 10.2. The van der Waals surface area contributed by atoms with E-state index in [1.807, 2.05) is 28.9 Å². The van der Waals surface area contributed by atoms with Crippen LogP contribution in [0.25, 0.3) is 11.4 Å². The maximum atomic E-state index is 13.0. The Labute approximate surface area is 163 Å². The van der Waals surface area contributed by atoms with Crippen molar-refractivity contribution < 1.29 is 12.8 Å². The maximum Gasteiger partial charge on any atom is 0.240 e. The van der Waals surface area contributed by atoms with Crippen molar-refractivity contribution in [3.8, 4) is 11.4 Å². The van der Waals surface area contributed by atoms with Gasteiger partial charge >= 0.3 is 0 Å². The Morgan fingerprint density at radius 3 is 2.54 bits per heavy atom. The van der Waals surface area contributed by atoms with Gasteiger partial charge in [-0.15, -0.1) is 0 Å². The normalized spacial score (nSPS) is 15.2. The van der Waals surface area contributed by atoms with Gasteiger partial charge < -0.3 is 0 Å². The lowest BCUT2D eigenvalue weighted by molar-refractivity contribution is 0.466. The van der Waals surface area contributed by atoms with E-state index in [-0.39, 0.29) is 11.4 Å². The summed E-state index contributed by atoms with van der Waals surface area (Å²) in [5.41, 5.74) is 2.33. The molecule has 1 N–H and O–H groups in total. The van der Waals surface area contributed by atoms with Crippen molar-refractivity contribution >= 4 is 10.0 Å². The molecule has 146 valence electrons. The summed E-state index contributed by atoms with van der Waals surface area (Å²) < 4.78 is 42.5. The molecule has 0 spiro atoms. The molecule has 8 heteroatoms. The van der Waals surface area contributed by atoms with Gasteiger partial charge in [-0.3, -0.25) is 9.67 Å². The van der Waals surface area contributed by atoms with Gasteiger partial charge in [0.15, 0.2) is 0 Å². The van der Waals surface area contributed by atoms with Crippen LogP contribution in [0.4, 0.5) is 4.39 Å². The van der Waals surface area contributed by atoms with Crippen LogP contribution < -0.4 is 4.72 Å². The molecule has 28 heavy (non-hydrogen) atoms. The van der Waals surface area contributed by atoms with Gasteiger partial charge in [-0.2, -0.15) is 5.10 Å². The van der Waals surface area contributed by atoms with Crippen molar-refractivity contribution in [2.24, 2.45) is 0 Å². The zero-order valence-electron chi connectivity index (χ0n) is 15.3. The van der Waals surface area contributed by atoms with Gasteiger partial charge in [0.25, 0.3) is 0 Å². The molecule has 0 saturated heterocycles. The van der Waals surface area contributed by atoms with Gasteiger partial charge in [0.1, 0.15) is 5.82 Å². The maximum absolute atomic E-state index is 13.0. The summed E-state index contributed by atoms with van der Waals surface area (Å²) in [5, 5.41) is 4.67. The number of nitrogens with zero attached hydrogens (tertiary/aromatic N) is 3. The van der Waals surface area contributed by atoms with Crippen LogP contribution >= 0.6 is 0 Å². The predicted molar refractivity (Wildman–Crippen MR) is 103 cm³/mol. The number of hydrogen-bond donors (Lipinski definition) is 1. The van der Waals surface area contributed by atoms with E-state index in [4.69, 9.17) is 0 Å². The van der Waals surface area contributed by atoms with Crippen LogP contribution in [0.1, 0.15) is 37.4 Å². The molecule has 0 amide bonds. The highest BCUT2D eigenvalue weighted by Gasteiger charge is 2.23. The third-order valence-electron chi connectivity index (χ3n) is 4.95. The Morgan fingerprint density at radius 2 is 1.86 bits per heavy atom. The highest BCUT2D eigenvalue weighted by atomic mass is 32.2. The molecular formula is C20H21FN4O2S.